The van der Waals surface area contributed by atoms with E-state index in [0.29, 0.717) is 20.1 Å². The predicted octanol–water partition coefficient (Wildman–Crippen LogP) is 5.87. The first-order valence-corrected chi connectivity index (χ1v) is 7.01. The van der Waals surface area contributed by atoms with Crippen LogP contribution in [0.15, 0.2) is 30.6 Å². The fourth-order valence-electron chi connectivity index (χ4n) is 1.67. The van der Waals surface area contributed by atoms with Crippen molar-refractivity contribution >= 4 is 52.1 Å². The molecule has 1 heterocycles. The molecule has 0 bridgehead atoms. The van der Waals surface area contributed by atoms with Gasteiger partial charge in [0, 0.05) is 6.20 Å². The van der Waals surface area contributed by atoms with E-state index in [9.17, 15) is 0 Å². The van der Waals surface area contributed by atoms with Gasteiger partial charge >= 0.3 is 0 Å². The van der Waals surface area contributed by atoms with E-state index in [4.69, 9.17) is 46.4 Å². The average Bonchev–Trinajstić information content (AvgIpc) is 2.39. The molecule has 6 heteroatoms. The second-order valence-electron chi connectivity index (χ2n) is 3.99. The van der Waals surface area contributed by atoms with Crippen LogP contribution in [-0.2, 0) is 0 Å². The Bertz CT molecular complexity index is 601. The molecule has 1 aromatic carbocycles. The lowest BCUT2D eigenvalue weighted by Gasteiger charge is -2.18. The molecule has 2 rings (SSSR count). The molecule has 19 heavy (non-hydrogen) atoms. The number of anilines is 1. The highest BCUT2D eigenvalue weighted by Gasteiger charge is 2.15. The zero-order valence-corrected chi connectivity index (χ0v) is 12.9. The lowest BCUT2D eigenvalue weighted by molar-refractivity contribution is 0.883. The Balaban J connectivity index is 2.28. The third kappa shape index (κ3) is 3.26. The molecule has 1 aromatic heterocycles. The third-order valence-electron chi connectivity index (χ3n) is 2.67. The summed E-state index contributed by atoms with van der Waals surface area (Å²) in [7, 11) is 0. The summed E-state index contributed by atoms with van der Waals surface area (Å²) in [6.45, 7) is 1.95. The van der Waals surface area contributed by atoms with Crippen LogP contribution >= 0.6 is 46.4 Å². The molecule has 1 atom stereocenters. The largest absolute Gasteiger partial charge is 0.376 e. The van der Waals surface area contributed by atoms with Gasteiger partial charge in [0.15, 0.2) is 0 Å². The normalized spacial score (nSPS) is 12.3. The lowest BCUT2D eigenvalue weighted by Crippen LogP contribution is -2.08. The van der Waals surface area contributed by atoms with E-state index in [1.54, 1.807) is 24.5 Å². The average molecular weight is 336 g/mol. The highest BCUT2D eigenvalue weighted by atomic mass is 35.5. The van der Waals surface area contributed by atoms with Crippen molar-refractivity contribution in [3.05, 3.63) is 56.2 Å². The van der Waals surface area contributed by atoms with Gasteiger partial charge in [0.05, 0.1) is 38.0 Å². The van der Waals surface area contributed by atoms with E-state index in [1.807, 2.05) is 13.0 Å². The van der Waals surface area contributed by atoms with Crippen LogP contribution in [0.5, 0.6) is 0 Å². The Hall–Kier alpha value is -0.670. The van der Waals surface area contributed by atoms with Crippen LogP contribution < -0.4 is 5.32 Å². The molecule has 100 valence electrons. The maximum absolute atomic E-state index is 6.19. The summed E-state index contributed by atoms with van der Waals surface area (Å²) in [6.07, 6.45) is 3.29. The summed E-state index contributed by atoms with van der Waals surface area (Å²) in [5.41, 5.74) is 1.58. The van der Waals surface area contributed by atoms with Crippen molar-refractivity contribution in [3.63, 3.8) is 0 Å². The van der Waals surface area contributed by atoms with Crippen molar-refractivity contribution in [1.82, 2.24) is 4.98 Å². The van der Waals surface area contributed by atoms with Crippen molar-refractivity contribution < 1.29 is 0 Å². The Morgan fingerprint density at radius 2 is 1.74 bits per heavy atom. The van der Waals surface area contributed by atoms with Crippen LogP contribution in [0.1, 0.15) is 18.5 Å². The fraction of sp³-hybridized carbons (Fsp3) is 0.154. The summed E-state index contributed by atoms with van der Waals surface area (Å²) in [5.74, 6) is 0. The molecule has 1 unspecified atom stereocenters. The zero-order valence-electron chi connectivity index (χ0n) is 9.92. The van der Waals surface area contributed by atoms with Gasteiger partial charge in [-0.25, -0.2) is 0 Å². The predicted molar refractivity (Wildman–Crippen MR) is 82.8 cm³/mol. The van der Waals surface area contributed by atoms with Crippen LogP contribution in [0.3, 0.4) is 0 Å². The van der Waals surface area contributed by atoms with E-state index in [2.05, 4.69) is 10.3 Å². The van der Waals surface area contributed by atoms with E-state index in [-0.39, 0.29) is 6.04 Å². The minimum Gasteiger partial charge on any atom is -0.376 e. The second kappa shape index (κ2) is 6.19. The van der Waals surface area contributed by atoms with Crippen LogP contribution in [-0.4, -0.2) is 4.98 Å². The van der Waals surface area contributed by atoms with Crippen LogP contribution in [0.4, 0.5) is 5.69 Å². The number of hydrogen-bond donors (Lipinski definition) is 1. The topological polar surface area (TPSA) is 24.9 Å². The van der Waals surface area contributed by atoms with Gasteiger partial charge in [0.25, 0.3) is 0 Å². The molecule has 0 saturated heterocycles. The van der Waals surface area contributed by atoms with Gasteiger partial charge in [-0.3, -0.25) is 4.98 Å². The van der Waals surface area contributed by atoms with Crippen LogP contribution in [0, 0.1) is 0 Å². The summed E-state index contributed by atoms with van der Waals surface area (Å²) < 4.78 is 0. The van der Waals surface area contributed by atoms with Crippen molar-refractivity contribution in [1.29, 1.82) is 0 Å². The van der Waals surface area contributed by atoms with Crippen molar-refractivity contribution in [2.75, 3.05) is 5.32 Å². The molecule has 0 aliphatic carbocycles. The molecule has 1 N–H and O–H groups in total. The number of nitrogens with one attached hydrogen (secondary N) is 1. The van der Waals surface area contributed by atoms with Crippen molar-refractivity contribution in [2.24, 2.45) is 0 Å². The monoisotopic (exact) mass is 334 g/mol. The number of halogens is 4. The number of rotatable bonds is 3. The standard InChI is InChI=1S/C13H10Cl4N2/c1-7(19-11-6-18-5-4-9(11)14)8-2-3-10(15)13(17)12(8)16/h2-7,19H,1H3. The number of aromatic nitrogens is 1. The molecule has 0 fully saturated rings. The SMILES string of the molecule is CC(Nc1cnccc1Cl)c1ccc(Cl)c(Cl)c1Cl. The van der Waals surface area contributed by atoms with Crippen LogP contribution in [0.25, 0.3) is 0 Å². The Labute approximate surface area is 131 Å². The lowest BCUT2D eigenvalue weighted by atomic mass is 10.1. The molecule has 2 nitrogen and oxygen atoms in total. The molecular formula is C13H10Cl4N2. The second-order valence-corrected chi connectivity index (χ2v) is 5.56. The van der Waals surface area contributed by atoms with Gasteiger partial charge < -0.3 is 5.32 Å². The number of nitrogens with zero attached hydrogens (tertiary/aromatic N) is 1. The first kappa shape index (κ1) is 14.7. The van der Waals surface area contributed by atoms with Gasteiger partial charge in [0.2, 0.25) is 0 Å². The number of benzene rings is 1. The van der Waals surface area contributed by atoms with Gasteiger partial charge in [-0.05, 0) is 24.6 Å². The number of hydrogen-bond acceptors (Lipinski definition) is 2. The minimum atomic E-state index is -0.0797. The fourth-order valence-corrected chi connectivity index (χ4v) is 2.54. The van der Waals surface area contributed by atoms with Crippen molar-refractivity contribution in [2.45, 2.75) is 13.0 Å². The first-order valence-electron chi connectivity index (χ1n) is 5.50. The summed E-state index contributed by atoms with van der Waals surface area (Å²) in [4.78, 5) is 4.02. The van der Waals surface area contributed by atoms with E-state index in [0.717, 1.165) is 11.3 Å². The first-order chi connectivity index (χ1) is 9.00. The van der Waals surface area contributed by atoms with Gasteiger partial charge in [-0.1, -0.05) is 52.5 Å². The highest BCUT2D eigenvalue weighted by Crippen LogP contribution is 2.36. The Morgan fingerprint density at radius 3 is 2.42 bits per heavy atom. The Morgan fingerprint density at radius 1 is 1.00 bits per heavy atom. The molecule has 0 aliphatic heterocycles. The molecule has 0 radical (unpaired) electrons. The quantitative estimate of drug-likeness (QED) is 0.709. The van der Waals surface area contributed by atoms with Gasteiger partial charge in [-0.15, -0.1) is 0 Å². The van der Waals surface area contributed by atoms with Crippen LogP contribution in [0.2, 0.25) is 20.1 Å². The van der Waals surface area contributed by atoms with Gasteiger partial charge in [-0.2, -0.15) is 0 Å². The Kier molecular flexibility index (Phi) is 4.80. The molecule has 0 aliphatic rings. The molecular weight excluding hydrogens is 326 g/mol. The van der Waals surface area contributed by atoms with E-state index >= 15 is 0 Å². The highest BCUT2D eigenvalue weighted by molar-refractivity contribution is 6.48. The van der Waals surface area contributed by atoms with E-state index in [1.165, 1.54) is 0 Å². The summed E-state index contributed by atoms with van der Waals surface area (Å²) in [6, 6.07) is 5.18. The third-order valence-corrected chi connectivity index (χ3v) is 4.31. The number of pyridine rings is 1. The van der Waals surface area contributed by atoms with Gasteiger partial charge in [0.1, 0.15) is 0 Å². The zero-order chi connectivity index (χ0) is 14.0. The summed E-state index contributed by atoms with van der Waals surface area (Å²) in [5, 5.41) is 5.05. The summed E-state index contributed by atoms with van der Waals surface area (Å²) >= 11 is 24.2. The molecule has 2 aromatic rings. The molecule has 0 saturated carbocycles. The smallest absolute Gasteiger partial charge is 0.0782 e. The van der Waals surface area contributed by atoms with E-state index < -0.39 is 0 Å². The maximum atomic E-state index is 6.19. The molecule has 0 spiro atoms. The van der Waals surface area contributed by atoms with Crippen molar-refractivity contribution in [3.8, 4) is 0 Å². The molecule has 0 amide bonds. The maximum Gasteiger partial charge on any atom is 0.0782 e. The minimum absolute atomic E-state index is 0.0797.